The van der Waals surface area contributed by atoms with Gasteiger partial charge < -0.3 is 5.11 Å². The normalized spacial score (nSPS) is 11.5. The summed E-state index contributed by atoms with van der Waals surface area (Å²) in [6, 6.07) is 12.1. The number of carboxylic acids is 1. The van der Waals surface area contributed by atoms with Crippen LogP contribution in [-0.4, -0.2) is 25.7 Å². The number of hydrogen-bond acceptors (Lipinski definition) is 4. The van der Waals surface area contributed by atoms with Gasteiger partial charge >= 0.3 is 5.97 Å². The van der Waals surface area contributed by atoms with Crippen molar-refractivity contribution in [2.45, 2.75) is 18.2 Å². The Morgan fingerprint density at radius 2 is 1.52 bits per heavy atom. The number of carbonyl (C=O) groups is 1. The van der Waals surface area contributed by atoms with Crippen LogP contribution in [0, 0.1) is 5.82 Å². The molecule has 0 aliphatic heterocycles. The van der Waals surface area contributed by atoms with Crippen LogP contribution in [0.1, 0.15) is 21.5 Å². The second kappa shape index (κ2) is 7.25. The second-order valence-electron chi connectivity index (χ2n) is 6.07. The fraction of sp³-hybridized carbons (Fsp3) is 0.150. The van der Waals surface area contributed by atoms with Gasteiger partial charge in [-0.05, 0) is 41.8 Å². The van der Waals surface area contributed by atoms with Crippen molar-refractivity contribution in [3.63, 3.8) is 0 Å². The van der Waals surface area contributed by atoms with E-state index < -0.39 is 21.6 Å². The number of aromatic carboxylic acids is 1. The van der Waals surface area contributed by atoms with E-state index in [0.717, 1.165) is 22.3 Å². The highest BCUT2D eigenvalue weighted by Crippen LogP contribution is 2.43. The van der Waals surface area contributed by atoms with Crippen LogP contribution < -0.4 is 0 Å². The molecule has 0 aliphatic rings. The van der Waals surface area contributed by atoms with E-state index in [4.69, 9.17) is 0 Å². The van der Waals surface area contributed by atoms with Crippen molar-refractivity contribution >= 4 is 27.1 Å². The zero-order valence-electron chi connectivity index (χ0n) is 14.7. The zero-order chi connectivity index (χ0) is 19.8. The van der Waals surface area contributed by atoms with E-state index in [9.17, 15) is 22.7 Å². The van der Waals surface area contributed by atoms with Crippen LogP contribution in [0.3, 0.4) is 0 Å². The van der Waals surface area contributed by atoms with Crippen LogP contribution in [-0.2, 0) is 16.3 Å². The number of carboxylic acid groups (broad SMARTS) is 1. The molecule has 0 unspecified atom stereocenters. The molecule has 140 valence electrons. The minimum absolute atomic E-state index is 0.181. The number of thiophene rings is 1. The predicted octanol–water partition coefficient (Wildman–Crippen LogP) is 4.89. The molecule has 0 aliphatic carbocycles. The molecule has 4 nitrogen and oxygen atoms in total. The summed E-state index contributed by atoms with van der Waals surface area (Å²) < 4.78 is 36.8. The van der Waals surface area contributed by atoms with Gasteiger partial charge in [-0.25, -0.2) is 17.6 Å². The third kappa shape index (κ3) is 3.79. The molecule has 3 aromatic rings. The first-order chi connectivity index (χ1) is 12.7. The molecule has 2 aromatic carbocycles. The van der Waals surface area contributed by atoms with Gasteiger partial charge in [-0.1, -0.05) is 31.2 Å². The number of benzene rings is 2. The van der Waals surface area contributed by atoms with Crippen molar-refractivity contribution < 1.29 is 22.7 Å². The summed E-state index contributed by atoms with van der Waals surface area (Å²) in [5.41, 5.74) is 2.59. The van der Waals surface area contributed by atoms with Gasteiger partial charge in [0.05, 0.1) is 4.90 Å². The Morgan fingerprint density at radius 3 is 2.00 bits per heavy atom. The van der Waals surface area contributed by atoms with E-state index in [1.54, 1.807) is 24.3 Å². The molecule has 1 aromatic heterocycles. The van der Waals surface area contributed by atoms with Gasteiger partial charge in [-0.3, -0.25) is 0 Å². The minimum Gasteiger partial charge on any atom is -0.477 e. The highest BCUT2D eigenvalue weighted by atomic mass is 32.2. The van der Waals surface area contributed by atoms with Gasteiger partial charge in [-0.2, -0.15) is 0 Å². The summed E-state index contributed by atoms with van der Waals surface area (Å²) in [7, 11) is -3.33. The molecule has 0 saturated heterocycles. The minimum atomic E-state index is -3.33. The molecule has 27 heavy (non-hydrogen) atoms. The van der Waals surface area contributed by atoms with E-state index in [2.05, 4.69) is 0 Å². The average Bonchev–Trinajstić information content (AvgIpc) is 3.01. The molecule has 7 heteroatoms. The second-order valence-corrected chi connectivity index (χ2v) is 9.19. The van der Waals surface area contributed by atoms with Gasteiger partial charge in [0.1, 0.15) is 10.7 Å². The Balaban J connectivity index is 2.28. The first kappa shape index (κ1) is 19.3. The topological polar surface area (TPSA) is 71.4 Å². The van der Waals surface area contributed by atoms with Crippen LogP contribution in [0.4, 0.5) is 4.39 Å². The molecule has 0 fully saturated rings. The lowest BCUT2D eigenvalue weighted by Gasteiger charge is -2.10. The fourth-order valence-electron chi connectivity index (χ4n) is 2.94. The third-order valence-electron chi connectivity index (χ3n) is 4.20. The Morgan fingerprint density at radius 1 is 1.00 bits per heavy atom. The summed E-state index contributed by atoms with van der Waals surface area (Å²) in [6.07, 6.45) is 1.76. The summed E-state index contributed by atoms with van der Waals surface area (Å²) in [5.74, 6) is -1.45. The van der Waals surface area contributed by atoms with Gasteiger partial charge in [-0.15, -0.1) is 11.3 Å². The van der Waals surface area contributed by atoms with E-state index in [1.807, 2.05) is 6.92 Å². The molecule has 0 saturated carbocycles. The lowest BCUT2D eigenvalue weighted by atomic mass is 9.94. The first-order valence-corrected chi connectivity index (χ1v) is 10.9. The Hall–Kier alpha value is -2.51. The smallest absolute Gasteiger partial charge is 0.346 e. The SMILES string of the molecule is CCc1sc(C(=O)O)c(-c2ccc(F)cc2)c1-c1ccc(S(C)(=O)=O)cc1. The molecule has 0 spiro atoms. The molecular weight excluding hydrogens is 387 g/mol. The zero-order valence-corrected chi connectivity index (χ0v) is 16.3. The van der Waals surface area contributed by atoms with Crippen molar-refractivity contribution in [3.8, 4) is 22.3 Å². The van der Waals surface area contributed by atoms with Crippen LogP contribution in [0.25, 0.3) is 22.3 Å². The number of aryl methyl sites for hydroxylation is 1. The lowest BCUT2D eigenvalue weighted by Crippen LogP contribution is -1.97. The van der Waals surface area contributed by atoms with Crippen molar-refractivity contribution in [2.24, 2.45) is 0 Å². The number of rotatable bonds is 5. The third-order valence-corrected chi connectivity index (χ3v) is 6.65. The van der Waals surface area contributed by atoms with Gasteiger partial charge in [0.15, 0.2) is 9.84 Å². The van der Waals surface area contributed by atoms with Crippen LogP contribution in [0.2, 0.25) is 0 Å². The maximum atomic E-state index is 13.3. The Bertz CT molecular complexity index is 1100. The first-order valence-electron chi connectivity index (χ1n) is 8.17. The molecule has 0 atom stereocenters. The van der Waals surface area contributed by atoms with Crippen molar-refractivity contribution in [1.29, 1.82) is 0 Å². The van der Waals surface area contributed by atoms with Crippen molar-refractivity contribution in [1.82, 2.24) is 0 Å². The summed E-state index contributed by atoms with van der Waals surface area (Å²) in [6.45, 7) is 1.93. The van der Waals surface area contributed by atoms with E-state index in [0.29, 0.717) is 17.5 Å². The maximum Gasteiger partial charge on any atom is 0.346 e. The van der Waals surface area contributed by atoms with Gasteiger partial charge in [0.25, 0.3) is 0 Å². The predicted molar refractivity (Wildman–Crippen MR) is 105 cm³/mol. The van der Waals surface area contributed by atoms with E-state index in [1.165, 1.54) is 35.6 Å². The summed E-state index contributed by atoms with van der Waals surface area (Å²) in [5, 5.41) is 9.67. The van der Waals surface area contributed by atoms with Crippen molar-refractivity contribution in [2.75, 3.05) is 6.26 Å². The van der Waals surface area contributed by atoms with Gasteiger partial charge in [0.2, 0.25) is 0 Å². The molecule has 0 amide bonds. The summed E-state index contributed by atoms with van der Waals surface area (Å²) >= 11 is 1.19. The summed E-state index contributed by atoms with van der Waals surface area (Å²) in [4.78, 5) is 13.1. The van der Waals surface area contributed by atoms with Crippen LogP contribution in [0.5, 0.6) is 0 Å². The largest absolute Gasteiger partial charge is 0.477 e. The number of hydrogen-bond donors (Lipinski definition) is 1. The molecule has 1 N–H and O–H groups in total. The molecule has 3 rings (SSSR count). The van der Waals surface area contributed by atoms with Crippen LogP contribution in [0.15, 0.2) is 53.4 Å². The molecule has 0 bridgehead atoms. The van der Waals surface area contributed by atoms with E-state index >= 15 is 0 Å². The highest BCUT2D eigenvalue weighted by molar-refractivity contribution is 7.90. The lowest BCUT2D eigenvalue weighted by molar-refractivity contribution is 0.0703. The molecular formula is C20H17FO4S2. The Kier molecular flexibility index (Phi) is 5.17. The number of sulfone groups is 1. The highest BCUT2D eigenvalue weighted by Gasteiger charge is 2.24. The van der Waals surface area contributed by atoms with E-state index in [-0.39, 0.29) is 9.77 Å². The number of halogens is 1. The Labute approximate surface area is 160 Å². The monoisotopic (exact) mass is 404 g/mol. The molecule has 1 heterocycles. The fourth-order valence-corrected chi connectivity index (χ4v) is 4.70. The average molecular weight is 404 g/mol. The molecule has 0 radical (unpaired) electrons. The maximum absolute atomic E-state index is 13.3. The van der Waals surface area contributed by atoms with Crippen molar-refractivity contribution in [3.05, 3.63) is 64.1 Å². The van der Waals surface area contributed by atoms with Crippen LogP contribution >= 0.6 is 11.3 Å². The van der Waals surface area contributed by atoms with Gasteiger partial charge in [0, 0.05) is 22.3 Å². The quantitative estimate of drug-likeness (QED) is 0.658. The standard InChI is InChI=1S/C20H17FO4S2/c1-3-16-17(12-6-10-15(11-7-12)27(2,24)25)18(19(26-16)20(22)23)13-4-8-14(21)9-5-13/h4-11H,3H2,1-2H3,(H,22,23).